The summed E-state index contributed by atoms with van der Waals surface area (Å²) >= 11 is 1.60. The lowest BCUT2D eigenvalue weighted by Gasteiger charge is -2.03. The van der Waals surface area contributed by atoms with Crippen molar-refractivity contribution in [1.82, 2.24) is 24.7 Å². The van der Waals surface area contributed by atoms with Gasteiger partial charge < -0.3 is 5.32 Å². The van der Waals surface area contributed by atoms with Crippen molar-refractivity contribution in [2.45, 2.75) is 6.54 Å². The number of aryl methyl sites for hydroxylation is 1. The molecule has 1 N–H and O–H groups in total. The maximum Gasteiger partial charge on any atom is 0.169 e. The van der Waals surface area contributed by atoms with Crippen molar-refractivity contribution in [3.8, 4) is 0 Å². The van der Waals surface area contributed by atoms with Gasteiger partial charge in [-0.3, -0.25) is 4.68 Å². The summed E-state index contributed by atoms with van der Waals surface area (Å²) in [6.07, 6.45) is 3.24. The number of aromatic nitrogens is 5. The first-order chi connectivity index (χ1) is 8.33. The van der Waals surface area contributed by atoms with E-state index in [2.05, 4.69) is 25.4 Å². The van der Waals surface area contributed by atoms with Crippen molar-refractivity contribution < 1.29 is 0 Å². The van der Waals surface area contributed by atoms with Gasteiger partial charge in [0.05, 0.1) is 11.9 Å². The molecule has 3 aromatic rings. The third-order valence-electron chi connectivity index (χ3n) is 2.32. The van der Waals surface area contributed by atoms with Crippen molar-refractivity contribution in [2.24, 2.45) is 7.05 Å². The normalized spacial score (nSPS) is 10.9. The highest BCUT2D eigenvalue weighted by Crippen LogP contribution is 2.23. The Kier molecular flexibility index (Phi) is 2.45. The molecule has 0 radical (unpaired) electrons. The molecule has 86 valence electrons. The van der Waals surface area contributed by atoms with Gasteiger partial charge in [-0.1, -0.05) is 0 Å². The maximum absolute atomic E-state index is 4.22. The SMILES string of the molecule is Cn1cnc(CNc2ncnc3sccc23)n1. The highest BCUT2D eigenvalue weighted by atomic mass is 32.1. The number of hydrogen-bond acceptors (Lipinski definition) is 6. The standard InChI is InChI=1S/C10H10N6S/c1-16-6-14-8(15-16)4-11-9-7-2-3-17-10(7)13-5-12-9/h2-3,5-6H,4H2,1H3,(H,11,12,13). The van der Waals surface area contributed by atoms with Crippen LogP contribution in [0.1, 0.15) is 5.82 Å². The van der Waals surface area contributed by atoms with Crippen LogP contribution in [0.4, 0.5) is 5.82 Å². The Labute approximate surface area is 101 Å². The van der Waals surface area contributed by atoms with Crippen molar-refractivity contribution in [3.05, 3.63) is 29.9 Å². The van der Waals surface area contributed by atoms with Gasteiger partial charge in [-0.2, -0.15) is 5.10 Å². The average Bonchev–Trinajstić information content (AvgIpc) is 2.94. The number of nitrogens with one attached hydrogen (secondary N) is 1. The van der Waals surface area contributed by atoms with E-state index in [4.69, 9.17) is 0 Å². The number of anilines is 1. The minimum absolute atomic E-state index is 0.558. The fourth-order valence-corrected chi connectivity index (χ4v) is 2.29. The Morgan fingerprint density at radius 2 is 2.29 bits per heavy atom. The van der Waals surface area contributed by atoms with Crippen molar-refractivity contribution >= 4 is 27.4 Å². The van der Waals surface area contributed by atoms with Crippen LogP contribution in [0.3, 0.4) is 0 Å². The van der Waals surface area contributed by atoms with Crippen LogP contribution in [-0.4, -0.2) is 24.7 Å². The molecular formula is C10H10N6S. The lowest BCUT2D eigenvalue weighted by atomic mass is 10.4. The van der Waals surface area contributed by atoms with Crippen molar-refractivity contribution in [2.75, 3.05) is 5.32 Å². The molecule has 3 aromatic heterocycles. The molecule has 0 saturated heterocycles. The van der Waals surface area contributed by atoms with Gasteiger partial charge in [0.1, 0.15) is 23.3 Å². The minimum atomic E-state index is 0.558. The molecule has 0 aliphatic carbocycles. The van der Waals surface area contributed by atoms with E-state index in [0.29, 0.717) is 6.54 Å². The first kappa shape index (κ1) is 10.2. The number of nitrogens with zero attached hydrogens (tertiary/aromatic N) is 5. The number of fused-ring (bicyclic) bond motifs is 1. The topological polar surface area (TPSA) is 68.5 Å². The fourth-order valence-electron chi connectivity index (χ4n) is 1.56. The molecule has 0 atom stereocenters. The molecule has 0 unspecified atom stereocenters. The second kappa shape index (κ2) is 4.10. The first-order valence-electron chi connectivity index (χ1n) is 5.09. The van der Waals surface area contributed by atoms with Crippen LogP contribution in [0.2, 0.25) is 0 Å². The Hall–Kier alpha value is -2.02. The Bertz CT molecular complexity index is 643. The van der Waals surface area contributed by atoms with E-state index in [1.165, 1.54) is 0 Å². The molecule has 0 aliphatic rings. The molecule has 0 fully saturated rings. The van der Waals surface area contributed by atoms with E-state index in [-0.39, 0.29) is 0 Å². The maximum atomic E-state index is 4.22. The third-order valence-corrected chi connectivity index (χ3v) is 3.14. The summed E-state index contributed by atoms with van der Waals surface area (Å²) in [4.78, 5) is 13.5. The average molecular weight is 246 g/mol. The molecule has 0 bridgehead atoms. The van der Waals surface area contributed by atoms with Gasteiger partial charge in [-0.05, 0) is 11.4 Å². The number of rotatable bonds is 3. The monoisotopic (exact) mass is 246 g/mol. The highest BCUT2D eigenvalue weighted by molar-refractivity contribution is 7.16. The largest absolute Gasteiger partial charge is 0.362 e. The minimum Gasteiger partial charge on any atom is -0.362 e. The van der Waals surface area contributed by atoms with Gasteiger partial charge in [0, 0.05) is 7.05 Å². The Balaban J connectivity index is 1.83. The molecule has 0 saturated carbocycles. The summed E-state index contributed by atoms with van der Waals surface area (Å²) in [5.74, 6) is 1.57. The van der Waals surface area contributed by atoms with Gasteiger partial charge in [-0.25, -0.2) is 15.0 Å². The Morgan fingerprint density at radius 1 is 1.35 bits per heavy atom. The summed E-state index contributed by atoms with van der Waals surface area (Å²) in [7, 11) is 1.85. The molecule has 6 nitrogen and oxygen atoms in total. The molecule has 0 amide bonds. The van der Waals surface area contributed by atoms with Crippen molar-refractivity contribution in [3.63, 3.8) is 0 Å². The zero-order valence-electron chi connectivity index (χ0n) is 9.16. The second-order valence-corrected chi connectivity index (χ2v) is 4.44. The number of hydrogen-bond donors (Lipinski definition) is 1. The summed E-state index contributed by atoms with van der Waals surface area (Å²) in [6, 6.07) is 2.01. The second-order valence-electron chi connectivity index (χ2n) is 3.55. The molecule has 3 heterocycles. The van der Waals surface area contributed by atoms with Gasteiger partial charge >= 0.3 is 0 Å². The molecular weight excluding hydrogens is 236 g/mol. The number of thiophene rings is 1. The van der Waals surface area contributed by atoms with E-state index in [9.17, 15) is 0 Å². The van der Waals surface area contributed by atoms with Crippen LogP contribution >= 0.6 is 11.3 Å². The zero-order chi connectivity index (χ0) is 11.7. The third kappa shape index (κ3) is 1.96. The van der Waals surface area contributed by atoms with Gasteiger partial charge in [0.25, 0.3) is 0 Å². The summed E-state index contributed by atoms with van der Waals surface area (Å²) in [6.45, 7) is 0.558. The smallest absolute Gasteiger partial charge is 0.169 e. The van der Waals surface area contributed by atoms with Crippen LogP contribution in [0, 0.1) is 0 Å². The van der Waals surface area contributed by atoms with E-state index < -0.39 is 0 Å². The predicted molar refractivity (Wildman–Crippen MR) is 65.7 cm³/mol. The molecule has 17 heavy (non-hydrogen) atoms. The molecule has 0 spiro atoms. The van der Waals surface area contributed by atoms with E-state index in [0.717, 1.165) is 21.9 Å². The molecule has 7 heteroatoms. The summed E-state index contributed by atoms with van der Waals surface area (Å²) < 4.78 is 1.68. The first-order valence-corrected chi connectivity index (χ1v) is 5.97. The van der Waals surface area contributed by atoms with Crippen LogP contribution in [0.5, 0.6) is 0 Å². The van der Waals surface area contributed by atoms with Crippen LogP contribution < -0.4 is 5.32 Å². The molecule has 0 aromatic carbocycles. The van der Waals surface area contributed by atoms with Crippen LogP contribution in [-0.2, 0) is 13.6 Å². The van der Waals surface area contributed by atoms with Gasteiger partial charge in [0.15, 0.2) is 5.82 Å². The summed E-state index contributed by atoms with van der Waals surface area (Å²) in [5, 5.41) is 10.5. The predicted octanol–water partition coefficient (Wildman–Crippen LogP) is 1.43. The van der Waals surface area contributed by atoms with E-state index in [1.54, 1.807) is 28.7 Å². The van der Waals surface area contributed by atoms with Crippen molar-refractivity contribution in [1.29, 1.82) is 0 Å². The lowest BCUT2D eigenvalue weighted by molar-refractivity contribution is 0.747. The van der Waals surface area contributed by atoms with E-state index in [1.807, 2.05) is 18.5 Å². The quantitative estimate of drug-likeness (QED) is 0.757. The Morgan fingerprint density at radius 3 is 3.12 bits per heavy atom. The van der Waals surface area contributed by atoms with Crippen LogP contribution in [0.25, 0.3) is 10.2 Å². The lowest BCUT2D eigenvalue weighted by Crippen LogP contribution is -2.04. The van der Waals surface area contributed by atoms with E-state index >= 15 is 0 Å². The molecule has 3 rings (SSSR count). The van der Waals surface area contributed by atoms with Gasteiger partial charge in [0.2, 0.25) is 0 Å². The van der Waals surface area contributed by atoms with Gasteiger partial charge in [-0.15, -0.1) is 11.3 Å². The zero-order valence-corrected chi connectivity index (χ0v) is 9.98. The van der Waals surface area contributed by atoms with Crippen LogP contribution in [0.15, 0.2) is 24.1 Å². The fraction of sp³-hybridized carbons (Fsp3) is 0.200. The molecule has 0 aliphatic heterocycles. The summed E-state index contributed by atoms with van der Waals surface area (Å²) in [5.41, 5.74) is 0. The highest BCUT2D eigenvalue weighted by Gasteiger charge is 2.05.